The molecule has 1 fully saturated rings. The van der Waals surface area contributed by atoms with Gasteiger partial charge in [-0.25, -0.2) is 14.6 Å². The van der Waals surface area contributed by atoms with Crippen molar-refractivity contribution in [2.75, 3.05) is 13.1 Å². The minimum Gasteiger partial charge on any atom is -0.490 e. The molecule has 2 heterocycles. The molecule has 0 atom stereocenters. The van der Waals surface area contributed by atoms with Crippen molar-refractivity contribution in [2.45, 2.75) is 64.5 Å². The fraction of sp³-hybridized carbons (Fsp3) is 0.364. The SMILES string of the molecule is CC(=N)N1CCC(Oc2ccc3nc(C(C)C)n(Cc4ccc(C(=N)N)c5ccccc45)c3c2)CC1.O=C(O)C(F)(F)F.O=C(O)C(F)(F)F. The summed E-state index contributed by atoms with van der Waals surface area (Å²) >= 11 is 0. The van der Waals surface area contributed by atoms with Crippen LogP contribution in [0.3, 0.4) is 0 Å². The van der Waals surface area contributed by atoms with Gasteiger partial charge in [0.15, 0.2) is 0 Å². The van der Waals surface area contributed by atoms with E-state index < -0.39 is 24.3 Å². The molecule has 11 nitrogen and oxygen atoms in total. The summed E-state index contributed by atoms with van der Waals surface area (Å²) in [5, 5.41) is 32.2. The van der Waals surface area contributed by atoms with Crippen molar-refractivity contribution in [3.05, 3.63) is 71.5 Å². The lowest BCUT2D eigenvalue weighted by molar-refractivity contribution is -0.193. The molecule has 1 aliphatic rings. The second-order valence-electron chi connectivity index (χ2n) is 11.6. The van der Waals surface area contributed by atoms with Crippen LogP contribution in [0, 0.1) is 10.8 Å². The molecule has 6 N–H and O–H groups in total. The molecule has 0 aliphatic carbocycles. The monoisotopic (exact) mass is 710 g/mol. The third kappa shape index (κ3) is 10.1. The molecule has 0 radical (unpaired) electrons. The number of aliphatic carboxylic acids is 2. The number of aromatic nitrogens is 2. The van der Waals surface area contributed by atoms with Gasteiger partial charge >= 0.3 is 24.3 Å². The molecule has 0 saturated carbocycles. The Bertz CT molecular complexity index is 1840. The predicted octanol–water partition coefficient (Wildman–Crippen LogP) is 6.75. The van der Waals surface area contributed by atoms with Crippen LogP contribution in [0.25, 0.3) is 21.8 Å². The maximum atomic E-state index is 10.6. The van der Waals surface area contributed by atoms with Gasteiger partial charge in [-0.2, -0.15) is 26.3 Å². The summed E-state index contributed by atoms with van der Waals surface area (Å²) in [6.45, 7) is 8.58. The Balaban J connectivity index is 0.000000408. The summed E-state index contributed by atoms with van der Waals surface area (Å²) in [6, 6.07) is 18.4. The van der Waals surface area contributed by atoms with E-state index in [-0.39, 0.29) is 17.9 Å². The van der Waals surface area contributed by atoms with E-state index >= 15 is 0 Å². The first-order chi connectivity index (χ1) is 23.2. The first-order valence-electron chi connectivity index (χ1n) is 15.1. The van der Waals surface area contributed by atoms with Gasteiger partial charge in [-0.05, 0) is 35.4 Å². The van der Waals surface area contributed by atoms with Crippen molar-refractivity contribution in [3.63, 3.8) is 0 Å². The highest BCUT2D eigenvalue weighted by molar-refractivity contribution is 6.08. The number of hydrogen-bond donors (Lipinski definition) is 5. The van der Waals surface area contributed by atoms with Gasteiger partial charge in [0.1, 0.15) is 23.5 Å². The smallest absolute Gasteiger partial charge is 0.490 e. The largest absolute Gasteiger partial charge is 0.490 e. The number of carbonyl (C=O) groups is 2. The van der Waals surface area contributed by atoms with Gasteiger partial charge in [-0.3, -0.25) is 10.8 Å². The van der Waals surface area contributed by atoms with Gasteiger partial charge in [0.05, 0.1) is 16.9 Å². The summed E-state index contributed by atoms with van der Waals surface area (Å²) < 4.78 is 72.2. The summed E-state index contributed by atoms with van der Waals surface area (Å²) in [5.41, 5.74) is 9.81. The van der Waals surface area contributed by atoms with E-state index in [9.17, 15) is 26.3 Å². The van der Waals surface area contributed by atoms with Crippen LogP contribution in [-0.4, -0.2) is 79.8 Å². The fourth-order valence-electron chi connectivity index (χ4n) is 5.21. The van der Waals surface area contributed by atoms with E-state index in [2.05, 4.69) is 47.6 Å². The average Bonchev–Trinajstić information content (AvgIpc) is 3.39. The lowest BCUT2D eigenvalue weighted by Gasteiger charge is -2.32. The Morgan fingerprint density at radius 1 is 0.940 bits per heavy atom. The maximum Gasteiger partial charge on any atom is 0.490 e. The number of hydrogen-bond acceptors (Lipinski definition) is 6. The molecule has 0 unspecified atom stereocenters. The van der Waals surface area contributed by atoms with E-state index in [1.165, 1.54) is 0 Å². The zero-order valence-electron chi connectivity index (χ0n) is 27.2. The van der Waals surface area contributed by atoms with Gasteiger partial charge in [0.2, 0.25) is 0 Å². The molecule has 3 aromatic carbocycles. The van der Waals surface area contributed by atoms with Gasteiger partial charge < -0.3 is 30.2 Å². The van der Waals surface area contributed by atoms with Gasteiger partial charge in [0.25, 0.3) is 0 Å². The van der Waals surface area contributed by atoms with Crippen molar-refractivity contribution in [1.82, 2.24) is 14.5 Å². The number of rotatable bonds is 6. The molecule has 17 heteroatoms. The highest BCUT2D eigenvalue weighted by Gasteiger charge is 2.39. The van der Waals surface area contributed by atoms with Crippen LogP contribution < -0.4 is 10.5 Å². The Morgan fingerprint density at radius 2 is 1.48 bits per heavy atom. The second-order valence-corrected chi connectivity index (χ2v) is 11.6. The van der Waals surface area contributed by atoms with Gasteiger partial charge in [-0.15, -0.1) is 0 Å². The number of amidine groups is 2. The maximum absolute atomic E-state index is 10.6. The molecule has 0 bridgehead atoms. The summed E-state index contributed by atoms with van der Waals surface area (Å²) in [6.07, 6.45) is -8.18. The van der Waals surface area contributed by atoms with Crippen molar-refractivity contribution >= 4 is 45.4 Å². The van der Waals surface area contributed by atoms with Crippen LogP contribution >= 0.6 is 0 Å². The number of halogens is 6. The number of nitrogens with zero attached hydrogens (tertiary/aromatic N) is 3. The molecule has 1 aliphatic heterocycles. The molecular formula is C33H36F6N6O5. The van der Waals surface area contributed by atoms with Gasteiger partial charge in [-0.1, -0.05) is 50.2 Å². The van der Waals surface area contributed by atoms with Crippen molar-refractivity contribution in [1.29, 1.82) is 10.8 Å². The first kappa shape index (κ1) is 39.1. The fourth-order valence-corrected chi connectivity index (χ4v) is 5.21. The number of carboxylic acids is 2. The van der Waals surface area contributed by atoms with Crippen LogP contribution in [0.15, 0.2) is 54.6 Å². The number of nitrogens with two attached hydrogens (primary N) is 1. The minimum atomic E-state index is -5.08. The number of ether oxygens (including phenoxy) is 1. The Labute approximate surface area is 282 Å². The Morgan fingerprint density at radius 3 is 1.96 bits per heavy atom. The van der Waals surface area contributed by atoms with E-state index in [0.29, 0.717) is 12.4 Å². The standard InChI is InChI=1S/C29H34N6O.2C2HF3O2/c1-18(2)29-33-26-11-9-22(36-21-12-14-34(15-13-21)19(3)30)16-27(26)35(29)17-20-8-10-25(28(31)32)24-7-5-4-6-23(20)24;2*3-2(4,5)1(6)7/h4-11,16,18,21,30H,12-15,17H2,1-3H3,(H3,31,32);2*(H,6,7). The highest BCUT2D eigenvalue weighted by Crippen LogP contribution is 2.30. The quantitative estimate of drug-likeness (QED) is 0.0828. The van der Waals surface area contributed by atoms with Crippen LogP contribution in [-0.2, 0) is 16.1 Å². The van der Waals surface area contributed by atoms with Crippen molar-refractivity contribution < 1.29 is 50.9 Å². The van der Waals surface area contributed by atoms with E-state index in [1.807, 2.05) is 37.3 Å². The first-order valence-corrected chi connectivity index (χ1v) is 15.1. The normalized spacial score (nSPS) is 13.7. The summed E-state index contributed by atoms with van der Waals surface area (Å²) in [5.74, 6) is -2.64. The van der Waals surface area contributed by atoms with E-state index in [4.69, 9.17) is 46.1 Å². The molecule has 1 saturated heterocycles. The number of benzene rings is 3. The molecule has 4 aromatic rings. The Kier molecular flexibility index (Phi) is 12.4. The number of fused-ring (bicyclic) bond motifs is 2. The number of alkyl halides is 6. The summed E-state index contributed by atoms with van der Waals surface area (Å²) in [7, 11) is 0. The summed E-state index contributed by atoms with van der Waals surface area (Å²) in [4.78, 5) is 24.9. The van der Waals surface area contributed by atoms with Crippen LogP contribution in [0.5, 0.6) is 5.75 Å². The molecular weight excluding hydrogens is 674 g/mol. The number of carboxylic acid groups (broad SMARTS) is 2. The van der Waals surface area contributed by atoms with Crippen LogP contribution in [0.4, 0.5) is 26.3 Å². The molecule has 0 amide bonds. The molecule has 270 valence electrons. The van der Waals surface area contributed by atoms with Crippen LogP contribution in [0.2, 0.25) is 0 Å². The third-order valence-corrected chi connectivity index (χ3v) is 7.60. The van der Waals surface area contributed by atoms with Gasteiger partial charge in [0, 0.05) is 50.0 Å². The minimum absolute atomic E-state index is 0.0806. The highest BCUT2D eigenvalue weighted by atomic mass is 19.4. The lowest BCUT2D eigenvalue weighted by atomic mass is 9.98. The number of piperidine rings is 1. The molecule has 1 aromatic heterocycles. The molecule has 5 rings (SSSR count). The molecule has 0 spiro atoms. The average molecular weight is 711 g/mol. The predicted molar refractivity (Wildman–Crippen MR) is 174 cm³/mol. The number of imidazole rings is 1. The van der Waals surface area contributed by atoms with Crippen molar-refractivity contribution in [2.24, 2.45) is 5.73 Å². The Hall–Kier alpha value is -5.35. The van der Waals surface area contributed by atoms with E-state index in [0.717, 1.165) is 70.4 Å². The number of likely N-dealkylation sites (tertiary alicyclic amines) is 1. The van der Waals surface area contributed by atoms with Crippen molar-refractivity contribution in [3.8, 4) is 5.75 Å². The molecule has 50 heavy (non-hydrogen) atoms. The zero-order chi connectivity index (χ0) is 37.6. The number of nitrogens with one attached hydrogen (secondary N) is 2. The number of nitrogen functional groups attached to an aromatic ring is 1. The second kappa shape index (κ2) is 15.9. The van der Waals surface area contributed by atoms with E-state index in [1.54, 1.807) is 0 Å². The third-order valence-electron chi connectivity index (χ3n) is 7.60. The van der Waals surface area contributed by atoms with Crippen LogP contribution in [0.1, 0.15) is 56.5 Å². The topological polar surface area (TPSA) is 179 Å². The zero-order valence-corrected chi connectivity index (χ0v) is 27.2. The lowest BCUT2D eigenvalue weighted by Crippen LogP contribution is -2.40.